The summed E-state index contributed by atoms with van der Waals surface area (Å²) in [6, 6.07) is 1.72. The van der Waals surface area contributed by atoms with Crippen molar-refractivity contribution in [1.29, 1.82) is 0 Å². The van der Waals surface area contributed by atoms with E-state index in [2.05, 4.69) is 0 Å². The predicted molar refractivity (Wildman–Crippen MR) is 70.8 cm³/mol. The normalized spacial score (nSPS) is 21.9. The number of fused-ring (bicyclic) bond motifs is 1. The number of hydrogen-bond acceptors (Lipinski definition) is 3. The van der Waals surface area contributed by atoms with E-state index in [1.807, 2.05) is 11.8 Å². The minimum Gasteiger partial charge on any atom is -0.478 e. The number of carbonyl (C=O) groups is 2. The number of likely N-dealkylation sites (tertiary alicyclic amines) is 1. The second kappa shape index (κ2) is 4.94. The molecule has 108 valence electrons. The first-order valence-electron chi connectivity index (χ1n) is 6.94. The predicted octanol–water partition coefficient (Wildman–Crippen LogP) is 1.34. The Hall–Kier alpha value is -1.82. The zero-order valence-corrected chi connectivity index (χ0v) is 11.5. The van der Waals surface area contributed by atoms with Gasteiger partial charge in [-0.25, -0.2) is 4.79 Å². The highest BCUT2D eigenvalue weighted by Crippen LogP contribution is 2.25. The lowest BCUT2D eigenvalue weighted by atomic mass is 10.2. The van der Waals surface area contributed by atoms with Gasteiger partial charge in [0.15, 0.2) is 0 Å². The van der Waals surface area contributed by atoms with Gasteiger partial charge in [0.2, 0.25) is 0 Å². The summed E-state index contributed by atoms with van der Waals surface area (Å²) >= 11 is 0. The Morgan fingerprint density at radius 1 is 1.40 bits per heavy atom. The zero-order valence-electron chi connectivity index (χ0n) is 11.5. The van der Waals surface area contributed by atoms with E-state index >= 15 is 0 Å². The molecule has 6 heteroatoms. The zero-order chi connectivity index (χ0) is 14.3. The van der Waals surface area contributed by atoms with Crippen LogP contribution in [0.2, 0.25) is 0 Å². The Bertz CT molecular complexity index is 564. The molecular formula is C14H18N2O4. The van der Waals surface area contributed by atoms with Gasteiger partial charge in [-0.05, 0) is 25.8 Å². The number of amides is 1. The molecule has 2 aliphatic heterocycles. The molecule has 1 saturated heterocycles. The van der Waals surface area contributed by atoms with Crippen molar-refractivity contribution in [3.8, 4) is 0 Å². The molecule has 0 spiro atoms. The quantitative estimate of drug-likeness (QED) is 0.886. The van der Waals surface area contributed by atoms with Crippen LogP contribution in [-0.4, -0.2) is 45.6 Å². The summed E-state index contributed by atoms with van der Waals surface area (Å²) in [4.78, 5) is 25.8. The maximum absolute atomic E-state index is 12.6. The first kappa shape index (κ1) is 13.2. The van der Waals surface area contributed by atoms with Crippen LogP contribution in [0, 0.1) is 0 Å². The van der Waals surface area contributed by atoms with Gasteiger partial charge in [-0.3, -0.25) is 4.79 Å². The molecule has 3 heterocycles. The van der Waals surface area contributed by atoms with Crippen LogP contribution in [-0.2, 0) is 17.9 Å². The molecular weight excluding hydrogens is 260 g/mol. The van der Waals surface area contributed by atoms with Gasteiger partial charge in [0, 0.05) is 19.1 Å². The maximum Gasteiger partial charge on any atom is 0.337 e. The Morgan fingerprint density at radius 3 is 2.85 bits per heavy atom. The summed E-state index contributed by atoms with van der Waals surface area (Å²) in [5, 5.41) is 9.26. The second-order valence-electron chi connectivity index (χ2n) is 5.39. The first-order chi connectivity index (χ1) is 9.59. The summed E-state index contributed by atoms with van der Waals surface area (Å²) < 4.78 is 7.12. The summed E-state index contributed by atoms with van der Waals surface area (Å²) in [6.45, 7) is 4.08. The molecule has 0 bridgehead atoms. The van der Waals surface area contributed by atoms with Crippen LogP contribution in [0.5, 0.6) is 0 Å². The van der Waals surface area contributed by atoms with Gasteiger partial charge < -0.3 is 19.3 Å². The van der Waals surface area contributed by atoms with Crippen molar-refractivity contribution in [2.75, 3.05) is 13.2 Å². The van der Waals surface area contributed by atoms with E-state index in [1.165, 1.54) is 6.07 Å². The minimum absolute atomic E-state index is 0.0642. The van der Waals surface area contributed by atoms with E-state index in [0.29, 0.717) is 24.5 Å². The molecule has 1 atom stereocenters. The molecule has 0 aromatic carbocycles. The van der Waals surface area contributed by atoms with Gasteiger partial charge in [0.25, 0.3) is 5.91 Å². The average molecular weight is 278 g/mol. The smallest absolute Gasteiger partial charge is 0.337 e. The first-order valence-corrected chi connectivity index (χ1v) is 6.94. The third kappa shape index (κ3) is 2.00. The molecule has 1 fully saturated rings. The Labute approximate surface area is 116 Å². The van der Waals surface area contributed by atoms with Gasteiger partial charge in [-0.15, -0.1) is 0 Å². The molecule has 0 aliphatic carbocycles. The van der Waals surface area contributed by atoms with Crippen molar-refractivity contribution in [2.24, 2.45) is 0 Å². The maximum atomic E-state index is 12.6. The molecule has 3 rings (SSSR count). The minimum atomic E-state index is -1.01. The van der Waals surface area contributed by atoms with E-state index in [1.54, 1.807) is 4.57 Å². The fraction of sp³-hybridized carbons (Fsp3) is 0.571. The van der Waals surface area contributed by atoms with E-state index in [0.717, 1.165) is 19.4 Å². The van der Waals surface area contributed by atoms with E-state index in [4.69, 9.17) is 4.74 Å². The topological polar surface area (TPSA) is 71.8 Å². The molecule has 20 heavy (non-hydrogen) atoms. The lowest BCUT2D eigenvalue weighted by molar-refractivity contribution is 0.0640. The fourth-order valence-electron chi connectivity index (χ4n) is 3.07. The summed E-state index contributed by atoms with van der Waals surface area (Å²) in [6.07, 6.45) is 2.02. The number of nitrogens with zero attached hydrogens (tertiary/aromatic N) is 2. The van der Waals surface area contributed by atoms with Crippen LogP contribution >= 0.6 is 0 Å². The van der Waals surface area contributed by atoms with Crippen molar-refractivity contribution in [3.63, 3.8) is 0 Å². The molecule has 6 nitrogen and oxygen atoms in total. The molecule has 1 unspecified atom stereocenters. The van der Waals surface area contributed by atoms with Crippen molar-refractivity contribution in [2.45, 2.75) is 39.0 Å². The third-order valence-corrected chi connectivity index (χ3v) is 4.17. The van der Waals surface area contributed by atoms with Crippen molar-refractivity contribution in [1.82, 2.24) is 9.47 Å². The van der Waals surface area contributed by atoms with E-state index in [9.17, 15) is 14.7 Å². The summed E-state index contributed by atoms with van der Waals surface area (Å²) in [5.41, 5.74) is 1.26. The molecule has 1 aromatic heterocycles. The highest BCUT2D eigenvalue weighted by molar-refractivity contribution is 5.98. The van der Waals surface area contributed by atoms with Crippen LogP contribution in [0.15, 0.2) is 6.07 Å². The van der Waals surface area contributed by atoms with Gasteiger partial charge in [-0.1, -0.05) is 0 Å². The van der Waals surface area contributed by atoms with Gasteiger partial charge in [0.05, 0.1) is 24.5 Å². The summed E-state index contributed by atoms with van der Waals surface area (Å²) in [5.74, 6) is -1.07. The van der Waals surface area contributed by atoms with Crippen LogP contribution in [0.1, 0.15) is 46.3 Å². The molecule has 1 aromatic rings. The molecule has 0 saturated carbocycles. The van der Waals surface area contributed by atoms with Crippen LogP contribution < -0.4 is 0 Å². The second-order valence-corrected chi connectivity index (χ2v) is 5.39. The number of carboxylic acid groups (broad SMARTS) is 1. The van der Waals surface area contributed by atoms with Crippen molar-refractivity contribution in [3.05, 3.63) is 23.0 Å². The number of hydrogen-bond donors (Lipinski definition) is 1. The lowest BCUT2D eigenvalue weighted by Crippen LogP contribution is -2.35. The highest BCUT2D eigenvalue weighted by atomic mass is 16.5. The Balaban J connectivity index is 2.01. The number of aromatic nitrogens is 1. The Kier molecular flexibility index (Phi) is 3.25. The van der Waals surface area contributed by atoms with Crippen LogP contribution in [0.3, 0.4) is 0 Å². The third-order valence-electron chi connectivity index (χ3n) is 4.17. The lowest BCUT2D eigenvalue weighted by Gasteiger charge is -2.24. The highest BCUT2D eigenvalue weighted by Gasteiger charge is 2.31. The van der Waals surface area contributed by atoms with Crippen molar-refractivity contribution < 1.29 is 19.4 Å². The molecule has 1 amide bonds. The number of aromatic carboxylic acids is 1. The molecule has 0 radical (unpaired) electrons. The fourth-order valence-corrected chi connectivity index (χ4v) is 3.07. The standard InChI is InChI=1S/C14H18N2O4/c1-9-3-2-4-15(9)13(17)11-7-10(14(18)19)12-8-20-6-5-16(11)12/h7,9H,2-6,8H2,1H3,(H,18,19). The van der Waals surface area contributed by atoms with Gasteiger partial charge in [0.1, 0.15) is 5.69 Å². The van der Waals surface area contributed by atoms with Crippen molar-refractivity contribution >= 4 is 11.9 Å². The SMILES string of the molecule is CC1CCCN1C(=O)c1cc(C(=O)O)c2n1CCOC2. The average Bonchev–Trinajstić information content (AvgIpc) is 3.01. The van der Waals surface area contributed by atoms with Gasteiger partial charge >= 0.3 is 5.97 Å². The number of carboxylic acids is 1. The molecule has 1 N–H and O–H groups in total. The number of carbonyl (C=O) groups excluding carboxylic acids is 1. The van der Waals surface area contributed by atoms with E-state index < -0.39 is 5.97 Å². The van der Waals surface area contributed by atoms with E-state index in [-0.39, 0.29) is 24.1 Å². The van der Waals surface area contributed by atoms with Crippen LogP contribution in [0.4, 0.5) is 0 Å². The van der Waals surface area contributed by atoms with Gasteiger partial charge in [-0.2, -0.15) is 0 Å². The largest absolute Gasteiger partial charge is 0.478 e. The monoisotopic (exact) mass is 278 g/mol. The Morgan fingerprint density at radius 2 is 2.20 bits per heavy atom. The summed E-state index contributed by atoms with van der Waals surface area (Å²) in [7, 11) is 0. The number of rotatable bonds is 2. The molecule has 2 aliphatic rings. The van der Waals surface area contributed by atoms with Crippen LogP contribution in [0.25, 0.3) is 0 Å². The number of ether oxygens (including phenoxy) is 1.